The fraction of sp³-hybridized carbons (Fsp3) is 0.167. The minimum Gasteiger partial charge on any atom is -0.324 e. The molecule has 23 heavy (non-hydrogen) atoms. The molecule has 0 atom stereocenters. The molecule has 0 aliphatic carbocycles. The van der Waals surface area contributed by atoms with E-state index in [4.69, 9.17) is 0 Å². The van der Waals surface area contributed by atoms with Crippen LogP contribution in [-0.2, 0) is 12.8 Å². The van der Waals surface area contributed by atoms with Crippen molar-refractivity contribution < 1.29 is 0 Å². The van der Waals surface area contributed by atoms with Crippen LogP contribution in [0.4, 0.5) is 11.6 Å². The Hall–Kier alpha value is -2.95. The highest BCUT2D eigenvalue weighted by atomic mass is 16.1. The van der Waals surface area contributed by atoms with Crippen LogP contribution in [0, 0.1) is 0 Å². The Morgan fingerprint density at radius 3 is 2.48 bits per heavy atom. The summed E-state index contributed by atoms with van der Waals surface area (Å²) in [5.74, 6) is 0.354. The molecule has 0 aliphatic rings. The number of hydrogen-bond donors (Lipinski definition) is 2. The molecule has 0 spiro atoms. The van der Waals surface area contributed by atoms with Crippen LogP contribution in [0.25, 0.3) is 0 Å². The molecule has 5 heteroatoms. The summed E-state index contributed by atoms with van der Waals surface area (Å²) in [4.78, 5) is 14.9. The van der Waals surface area contributed by atoms with E-state index in [0.29, 0.717) is 18.1 Å². The lowest BCUT2D eigenvalue weighted by Gasteiger charge is -2.09. The standard InChI is InChI=1S/C18H18N4O/c1-2-14-10-6-7-11-15(14)19-18-20-17(23)16(21-22-18)12-13-8-4-3-5-9-13/h3-11H,2,12H2,1H3,(H2,19,20,22,23). The lowest BCUT2D eigenvalue weighted by atomic mass is 10.1. The number of rotatable bonds is 5. The SMILES string of the molecule is CCc1ccccc1Nc1nnc(Cc2ccccc2)c(=O)[nH]1. The van der Waals surface area contributed by atoms with Gasteiger partial charge in [-0.3, -0.25) is 9.78 Å². The predicted octanol–water partition coefficient (Wildman–Crippen LogP) is 3.06. The van der Waals surface area contributed by atoms with Crippen molar-refractivity contribution in [3.8, 4) is 0 Å². The van der Waals surface area contributed by atoms with Crippen molar-refractivity contribution in [1.29, 1.82) is 0 Å². The third-order valence-corrected chi connectivity index (χ3v) is 3.63. The van der Waals surface area contributed by atoms with Gasteiger partial charge in [-0.2, -0.15) is 0 Å². The van der Waals surface area contributed by atoms with Gasteiger partial charge in [-0.25, -0.2) is 0 Å². The average molecular weight is 306 g/mol. The molecular formula is C18H18N4O. The molecule has 2 N–H and O–H groups in total. The first-order valence-corrected chi connectivity index (χ1v) is 7.61. The van der Waals surface area contributed by atoms with Crippen LogP contribution < -0.4 is 10.9 Å². The van der Waals surface area contributed by atoms with E-state index in [9.17, 15) is 4.79 Å². The Labute approximate surface area is 134 Å². The van der Waals surface area contributed by atoms with Crippen LogP contribution in [0.3, 0.4) is 0 Å². The number of nitrogens with one attached hydrogen (secondary N) is 2. The van der Waals surface area contributed by atoms with Crippen molar-refractivity contribution in [3.05, 3.63) is 81.8 Å². The van der Waals surface area contributed by atoms with Gasteiger partial charge in [0.15, 0.2) is 0 Å². The summed E-state index contributed by atoms with van der Waals surface area (Å²) >= 11 is 0. The number of aromatic amines is 1. The molecule has 0 bridgehead atoms. The van der Waals surface area contributed by atoms with E-state index in [1.54, 1.807) is 0 Å². The molecule has 1 heterocycles. The number of H-pyrrole nitrogens is 1. The molecule has 3 rings (SSSR count). The van der Waals surface area contributed by atoms with Crippen molar-refractivity contribution in [2.45, 2.75) is 19.8 Å². The Bertz CT molecular complexity index is 843. The van der Waals surface area contributed by atoms with Crippen LogP contribution in [0.15, 0.2) is 59.4 Å². The molecule has 5 nitrogen and oxygen atoms in total. The molecule has 0 saturated carbocycles. The number of nitrogens with zero attached hydrogens (tertiary/aromatic N) is 2. The maximum atomic E-state index is 12.2. The largest absolute Gasteiger partial charge is 0.324 e. The first kappa shape index (κ1) is 15.0. The number of aromatic nitrogens is 3. The van der Waals surface area contributed by atoms with Crippen molar-refractivity contribution >= 4 is 11.6 Å². The summed E-state index contributed by atoms with van der Waals surface area (Å²) in [6, 6.07) is 17.7. The molecule has 0 saturated heterocycles. The molecule has 0 radical (unpaired) electrons. The minimum atomic E-state index is -0.222. The van der Waals surface area contributed by atoms with E-state index >= 15 is 0 Å². The summed E-state index contributed by atoms with van der Waals surface area (Å²) in [6.07, 6.45) is 1.36. The number of benzene rings is 2. The van der Waals surface area contributed by atoms with Gasteiger partial charge < -0.3 is 5.32 Å². The number of aryl methyl sites for hydroxylation is 1. The van der Waals surface area contributed by atoms with Crippen molar-refractivity contribution in [2.75, 3.05) is 5.32 Å². The fourth-order valence-electron chi connectivity index (χ4n) is 2.40. The Morgan fingerprint density at radius 1 is 1.00 bits per heavy atom. The Balaban J connectivity index is 1.81. The number of anilines is 2. The van der Waals surface area contributed by atoms with Crippen molar-refractivity contribution in [2.24, 2.45) is 0 Å². The molecule has 2 aromatic carbocycles. The van der Waals surface area contributed by atoms with Crippen LogP contribution >= 0.6 is 0 Å². The smallest absolute Gasteiger partial charge is 0.274 e. The second-order valence-electron chi connectivity index (χ2n) is 5.25. The first-order chi connectivity index (χ1) is 11.3. The van der Waals surface area contributed by atoms with Crippen LogP contribution in [0.5, 0.6) is 0 Å². The molecule has 0 unspecified atom stereocenters. The lowest BCUT2D eigenvalue weighted by molar-refractivity contribution is 0.873. The molecule has 1 aromatic heterocycles. The van der Waals surface area contributed by atoms with Gasteiger partial charge in [0.1, 0.15) is 5.69 Å². The van der Waals surface area contributed by atoms with Crippen LogP contribution in [-0.4, -0.2) is 15.2 Å². The van der Waals surface area contributed by atoms with Crippen molar-refractivity contribution in [1.82, 2.24) is 15.2 Å². The van der Waals surface area contributed by atoms with Crippen LogP contribution in [0.2, 0.25) is 0 Å². The van der Waals surface area contributed by atoms with Crippen molar-refractivity contribution in [3.63, 3.8) is 0 Å². The highest BCUT2D eigenvalue weighted by Crippen LogP contribution is 2.18. The third-order valence-electron chi connectivity index (χ3n) is 3.63. The highest BCUT2D eigenvalue weighted by Gasteiger charge is 2.07. The van der Waals surface area contributed by atoms with E-state index in [-0.39, 0.29) is 5.56 Å². The van der Waals surface area contributed by atoms with Gasteiger partial charge in [0.05, 0.1) is 0 Å². The van der Waals surface area contributed by atoms with Gasteiger partial charge in [-0.05, 0) is 23.6 Å². The summed E-state index contributed by atoms with van der Waals surface area (Å²) < 4.78 is 0. The van der Waals surface area contributed by atoms with Crippen LogP contribution in [0.1, 0.15) is 23.7 Å². The normalized spacial score (nSPS) is 10.5. The molecule has 3 aromatic rings. The second kappa shape index (κ2) is 6.87. The maximum Gasteiger partial charge on any atom is 0.274 e. The van der Waals surface area contributed by atoms with Gasteiger partial charge in [0.2, 0.25) is 5.95 Å². The van der Waals surface area contributed by atoms with Gasteiger partial charge in [-0.1, -0.05) is 55.5 Å². The van der Waals surface area contributed by atoms with Gasteiger partial charge in [-0.15, -0.1) is 10.2 Å². The topological polar surface area (TPSA) is 70.7 Å². The van der Waals surface area contributed by atoms with E-state index < -0.39 is 0 Å². The second-order valence-corrected chi connectivity index (χ2v) is 5.25. The van der Waals surface area contributed by atoms with Gasteiger partial charge in [0.25, 0.3) is 5.56 Å². The highest BCUT2D eigenvalue weighted by molar-refractivity contribution is 5.58. The molecule has 0 aliphatic heterocycles. The molecule has 0 amide bonds. The van der Waals surface area contributed by atoms with E-state index in [2.05, 4.69) is 27.4 Å². The van der Waals surface area contributed by atoms with Gasteiger partial charge in [0, 0.05) is 12.1 Å². The molecular weight excluding hydrogens is 288 g/mol. The molecule has 116 valence electrons. The zero-order chi connectivity index (χ0) is 16.1. The van der Waals surface area contributed by atoms with E-state index in [1.165, 1.54) is 0 Å². The zero-order valence-electron chi connectivity index (χ0n) is 12.9. The Kier molecular flexibility index (Phi) is 4.47. The summed E-state index contributed by atoms with van der Waals surface area (Å²) in [5.41, 5.74) is 3.30. The average Bonchev–Trinajstić information content (AvgIpc) is 2.59. The van der Waals surface area contributed by atoms with E-state index in [1.807, 2.05) is 54.6 Å². The fourth-order valence-corrected chi connectivity index (χ4v) is 2.40. The van der Waals surface area contributed by atoms with E-state index in [0.717, 1.165) is 23.2 Å². The quantitative estimate of drug-likeness (QED) is 0.760. The van der Waals surface area contributed by atoms with Gasteiger partial charge >= 0.3 is 0 Å². The molecule has 0 fully saturated rings. The Morgan fingerprint density at radius 2 is 1.74 bits per heavy atom. The summed E-state index contributed by atoms with van der Waals surface area (Å²) in [7, 11) is 0. The third kappa shape index (κ3) is 3.63. The first-order valence-electron chi connectivity index (χ1n) is 7.61. The predicted molar refractivity (Wildman–Crippen MR) is 91.0 cm³/mol. The number of hydrogen-bond acceptors (Lipinski definition) is 4. The summed E-state index contributed by atoms with van der Waals surface area (Å²) in [6.45, 7) is 2.08. The monoisotopic (exact) mass is 306 g/mol. The lowest BCUT2D eigenvalue weighted by Crippen LogP contribution is -2.19. The number of para-hydroxylation sites is 1. The minimum absolute atomic E-state index is 0.222. The maximum absolute atomic E-state index is 12.2. The summed E-state index contributed by atoms with van der Waals surface area (Å²) in [5, 5.41) is 11.3. The zero-order valence-corrected chi connectivity index (χ0v) is 12.9.